The van der Waals surface area contributed by atoms with Crippen molar-refractivity contribution < 1.29 is 9.47 Å². The molecule has 28 heavy (non-hydrogen) atoms. The Labute approximate surface area is 176 Å². The van der Waals surface area contributed by atoms with Gasteiger partial charge in [0.2, 0.25) is 0 Å². The largest absolute Gasteiger partial charge is 0.493 e. The quantitative estimate of drug-likeness (QED) is 0.440. The van der Waals surface area contributed by atoms with Crippen LogP contribution in [0.25, 0.3) is 0 Å². The maximum absolute atomic E-state index is 6.26. The number of nitrogens with one attached hydrogen (secondary N) is 1. The van der Waals surface area contributed by atoms with Crippen LogP contribution < -0.4 is 14.8 Å². The minimum Gasteiger partial charge on any atom is -0.493 e. The van der Waals surface area contributed by atoms with Gasteiger partial charge in [-0.1, -0.05) is 71.7 Å². The Morgan fingerprint density at radius 3 is 2.46 bits per heavy atom. The van der Waals surface area contributed by atoms with Gasteiger partial charge in [0.05, 0.1) is 7.11 Å². The molecule has 0 fully saturated rings. The van der Waals surface area contributed by atoms with Crippen molar-refractivity contribution in [3.05, 3.63) is 93.5 Å². The maximum Gasteiger partial charge on any atom is 0.166 e. The molecule has 0 heterocycles. The third-order valence-corrected chi connectivity index (χ3v) is 5.00. The molecule has 0 aliphatic carbocycles. The van der Waals surface area contributed by atoms with Crippen LogP contribution in [0.4, 0.5) is 0 Å². The Morgan fingerprint density at radius 2 is 1.71 bits per heavy atom. The first-order valence-electron chi connectivity index (χ1n) is 9.14. The molecule has 3 nitrogen and oxygen atoms in total. The van der Waals surface area contributed by atoms with Crippen LogP contribution in [0.2, 0.25) is 10.0 Å². The highest BCUT2D eigenvalue weighted by Gasteiger charge is 2.12. The highest BCUT2D eigenvalue weighted by molar-refractivity contribution is 6.35. The summed E-state index contributed by atoms with van der Waals surface area (Å²) in [5.41, 5.74) is 3.23. The highest BCUT2D eigenvalue weighted by Crippen LogP contribution is 2.32. The molecule has 3 rings (SSSR count). The Balaban J connectivity index is 1.64. The first kappa shape index (κ1) is 20.5. The van der Waals surface area contributed by atoms with E-state index in [9.17, 15) is 0 Å². The number of ether oxygens (including phenoxy) is 2. The summed E-state index contributed by atoms with van der Waals surface area (Å²) in [6.45, 7) is 1.91. The van der Waals surface area contributed by atoms with Crippen molar-refractivity contribution in [3.8, 4) is 11.5 Å². The Hall–Kier alpha value is -2.20. The van der Waals surface area contributed by atoms with Gasteiger partial charge in [-0.15, -0.1) is 0 Å². The summed E-state index contributed by atoms with van der Waals surface area (Å²) >= 11 is 12.2. The predicted molar refractivity (Wildman–Crippen MR) is 116 cm³/mol. The zero-order valence-electron chi connectivity index (χ0n) is 15.8. The van der Waals surface area contributed by atoms with Crippen molar-refractivity contribution in [2.24, 2.45) is 0 Å². The predicted octanol–water partition coefficient (Wildman–Crippen LogP) is 5.91. The van der Waals surface area contributed by atoms with Crippen LogP contribution in [0, 0.1) is 0 Å². The standard InChI is InChI=1S/C23H23Cl2NO2/c1-27-22-9-5-8-18(15-26-13-12-17-6-3-2-4-7-17)23(22)28-16-19-10-11-20(24)14-21(19)25/h2-11,14,26H,12-13,15-16H2,1H3. The van der Waals surface area contributed by atoms with Crippen molar-refractivity contribution in [1.29, 1.82) is 0 Å². The Kier molecular flexibility index (Phi) is 7.61. The molecular weight excluding hydrogens is 393 g/mol. The van der Waals surface area contributed by atoms with Crippen molar-refractivity contribution in [1.82, 2.24) is 5.32 Å². The van der Waals surface area contributed by atoms with E-state index in [-0.39, 0.29) is 0 Å². The van der Waals surface area contributed by atoms with Gasteiger partial charge in [0.15, 0.2) is 11.5 Å². The molecule has 0 unspecified atom stereocenters. The monoisotopic (exact) mass is 415 g/mol. The van der Waals surface area contributed by atoms with Crippen LogP contribution in [0.1, 0.15) is 16.7 Å². The van der Waals surface area contributed by atoms with Crippen molar-refractivity contribution in [2.45, 2.75) is 19.6 Å². The van der Waals surface area contributed by atoms with Gasteiger partial charge >= 0.3 is 0 Å². The van der Waals surface area contributed by atoms with Crippen LogP contribution in [0.5, 0.6) is 11.5 Å². The molecule has 0 bridgehead atoms. The second-order valence-corrected chi connectivity index (χ2v) is 7.23. The number of halogens is 2. The Bertz CT molecular complexity index is 900. The van der Waals surface area contributed by atoms with E-state index in [1.165, 1.54) is 5.56 Å². The molecule has 0 aromatic heterocycles. The first-order chi connectivity index (χ1) is 13.7. The fourth-order valence-electron chi connectivity index (χ4n) is 2.91. The van der Waals surface area contributed by atoms with E-state index in [1.807, 2.05) is 30.3 Å². The summed E-state index contributed by atoms with van der Waals surface area (Å²) in [5, 5.41) is 4.67. The minimum absolute atomic E-state index is 0.341. The van der Waals surface area contributed by atoms with E-state index in [4.69, 9.17) is 32.7 Å². The number of benzene rings is 3. The summed E-state index contributed by atoms with van der Waals surface area (Å²) < 4.78 is 11.6. The second-order valence-electron chi connectivity index (χ2n) is 6.39. The number of rotatable bonds is 9. The SMILES string of the molecule is COc1cccc(CNCCc2ccccc2)c1OCc1ccc(Cl)cc1Cl. The molecule has 0 spiro atoms. The smallest absolute Gasteiger partial charge is 0.166 e. The normalized spacial score (nSPS) is 10.7. The van der Waals surface area contributed by atoms with Crippen LogP contribution in [-0.4, -0.2) is 13.7 Å². The molecule has 0 atom stereocenters. The fraction of sp³-hybridized carbons (Fsp3) is 0.217. The van der Waals surface area contributed by atoms with Crippen molar-refractivity contribution in [2.75, 3.05) is 13.7 Å². The van der Waals surface area contributed by atoms with Gasteiger partial charge in [-0.3, -0.25) is 0 Å². The van der Waals surface area contributed by atoms with Gasteiger partial charge in [-0.2, -0.15) is 0 Å². The molecule has 3 aromatic rings. The average Bonchev–Trinajstić information content (AvgIpc) is 2.71. The van der Waals surface area contributed by atoms with E-state index in [0.717, 1.165) is 29.8 Å². The van der Waals surface area contributed by atoms with Crippen LogP contribution in [0.15, 0.2) is 66.7 Å². The van der Waals surface area contributed by atoms with E-state index in [2.05, 4.69) is 29.6 Å². The molecule has 5 heteroatoms. The molecule has 0 aliphatic heterocycles. The first-order valence-corrected chi connectivity index (χ1v) is 9.90. The Morgan fingerprint density at radius 1 is 0.893 bits per heavy atom. The van der Waals surface area contributed by atoms with Gasteiger partial charge < -0.3 is 14.8 Å². The lowest BCUT2D eigenvalue weighted by atomic mass is 10.1. The summed E-state index contributed by atoms with van der Waals surface area (Å²) in [7, 11) is 1.64. The van der Waals surface area contributed by atoms with Crippen LogP contribution in [0.3, 0.4) is 0 Å². The molecule has 0 saturated heterocycles. The summed E-state index contributed by atoms with van der Waals surface area (Å²) in [5.74, 6) is 1.43. The summed E-state index contributed by atoms with van der Waals surface area (Å²) in [6.07, 6.45) is 0.974. The van der Waals surface area contributed by atoms with Crippen LogP contribution >= 0.6 is 23.2 Å². The van der Waals surface area contributed by atoms with Crippen molar-refractivity contribution >= 4 is 23.2 Å². The lowest BCUT2D eigenvalue weighted by Crippen LogP contribution is -2.17. The highest BCUT2D eigenvalue weighted by atomic mass is 35.5. The van der Waals surface area contributed by atoms with Gasteiger partial charge in [-0.05, 0) is 36.7 Å². The number of hydrogen-bond acceptors (Lipinski definition) is 3. The number of para-hydroxylation sites is 1. The minimum atomic E-state index is 0.341. The van der Waals surface area contributed by atoms with Gasteiger partial charge in [0, 0.05) is 27.7 Å². The molecule has 1 N–H and O–H groups in total. The third kappa shape index (κ3) is 5.65. The summed E-state index contributed by atoms with van der Waals surface area (Å²) in [4.78, 5) is 0. The maximum atomic E-state index is 6.26. The summed E-state index contributed by atoms with van der Waals surface area (Å²) in [6, 6.07) is 21.7. The van der Waals surface area contributed by atoms with Gasteiger partial charge in [0.25, 0.3) is 0 Å². The van der Waals surface area contributed by atoms with E-state index < -0.39 is 0 Å². The molecule has 0 amide bonds. The lowest BCUT2D eigenvalue weighted by molar-refractivity contribution is 0.281. The zero-order valence-corrected chi connectivity index (χ0v) is 17.3. The molecule has 3 aromatic carbocycles. The molecule has 0 saturated carbocycles. The van der Waals surface area contributed by atoms with Gasteiger partial charge in [0.1, 0.15) is 6.61 Å². The third-order valence-electron chi connectivity index (χ3n) is 4.42. The number of methoxy groups -OCH3 is 1. The van der Waals surface area contributed by atoms with E-state index in [0.29, 0.717) is 28.9 Å². The van der Waals surface area contributed by atoms with Crippen molar-refractivity contribution in [3.63, 3.8) is 0 Å². The number of hydrogen-bond donors (Lipinski definition) is 1. The van der Waals surface area contributed by atoms with E-state index in [1.54, 1.807) is 19.2 Å². The lowest BCUT2D eigenvalue weighted by Gasteiger charge is -2.16. The zero-order chi connectivity index (χ0) is 19.8. The molecular formula is C23H23Cl2NO2. The van der Waals surface area contributed by atoms with E-state index >= 15 is 0 Å². The average molecular weight is 416 g/mol. The fourth-order valence-corrected chi connectivity index (χ4v) is 3.38. The van der Waals surface area contributed by atoms with Crippen LogP contribution in [-0.2, 0) is 19.6 Å². The van der Waals surface area contributed by atoms with Gasteiger partial charge in [-0.25, -0.2) is 0 Å². The molecule has 0 aliphatic rings. The molecule has 0 radical (unpaired) electrons. The topological polar surface area (TPSA) is 30.5 Å². The molecule has 146 valence electrons. The second kappa shape index (κ2) is 10.4.